The Balaban J connectivity index is 4.08. The van der Waals surface area contributed by atoms with E-state index in [0.29, 0.717) is 6.61 Å². The van der Waals surface area contributed by atoms with Crippen LogP contribution in [0.15, 0.2) is 0 Å². The van der Waals surface area contributed by atoms with Crippen molar-refractivity contribution in [3.8, 4) is 0 Å². The van der Waals surface area contributed by atoms with Gasteiger partial charge in [-0.1, -0.05) is 27.7 Å². The van der Waals surface area contributed by atoms with E-state index in [4.69, 9.17) is 14.2 Å². The zero-order chi connectivity index (χ0) is 12.9. The van der Waals surface area contributed by atoms with Gasteiger partial charge in [-0.2, -0.15) is 0 Å². The lowest BCUT2D eigenvalue weighted by Gasteiger charge is -2.26. The standard InChI is InChI=1S/C14H30O3/c1-5-9-15-12-14(17-11-7-3)13(8-4)16-10-6-2/h13-14H,5-12H2,1-4H3. The van der Waals surface area contributed by atoms with Gasteiger partial charge in [0.15, 0.2) is 0 Å². The first-order valence-corrected chi connectivity index (χ1v) is 7.10. The molecule has 0 N–H and O–H groups in total. The molecule has 0 aliphatic carbocycles. The van der Waals surface area contributed by atoms with Crippen molar-refractivity contribution >= 4 is 0 Å². The van der Waals surface area contributed by atoms with Crippen molar-refractivity contribution < 1.29 is 14.2 Å². The van der Waals surface area contributed by atoms with E-state index in [2.05, 4.69) is 27.7 Å². The van der Waals surface area contributed by atoms with Gasteiger partial charge in [0.1, 0.15) is 6.10 Å². The predicted octanol–water partition coefficient (Wildman–Crippen LogP) is 3.41. The lowest BCUT2D eigenvalue weighted by molar-refractivity contribution is -0.105. The molecule has 0 spiro atoms. The Hall–Kier alpha value is -0.120. The molecule has 0 saturated carbocycles. The Bertz CT molecular complexity index is 150. The third-order valence-electron chi connectivity index (χ3n) is 2.52. The van der Waals surface area contributed by atoms with E-state index < -0.39 is 0 Å². The van der Waals surface area contributed by atoms with E-state index in [0.717, 1.165) is 45.5 Å². The molecular formula is C14H30O3. The van der Waals surface area contributed by atoms with Gasteiger partial charge in [0.05, 0.1) is 12.7 Å². The molecule has 2 unspecified atom stereocenters. The van der Waals surface area contributed by atoms with E-state index in [1.54, 1.807) is 0 Å². The molecule has 0 saturated heterocycles. The van der Waals surface area contributed by atoms with Crippen molar-refractivity contribution in [2.45, 2.75) is 65.6 Å². The summed E-state index contributed by atoms with van der Waals surface area (Å²) in [6.07, 6.45) is 4.36. The monoisotopic (exact) mass is 246 g/mol. The summed E-state index contributed by atoms with van der Waals surface area (Å²) in [5.41, 5.74) is 0. The summed E-state index contributed by atoms with van der Waals surface area (Å²) in [5.74, 6) is 0. The fourth-order valence-electron chi connectivity index (χ4n) is 1.63. The zero-order valence-electron chi connectivity index (χ0n) is 12.0. The topological polar surface area (TPSA) is 27.7 Å². The Labute approximate surface area is 107 Å². The van der Waals surface area contributed by atoms with E-state index in [1.165, 1.54) is 0 Å². The van der Waals surface area contributed by atoms with E-state index in [9.17, 15) is 0 Å². The lowest BCUT2D eigenvalue weighted by atomic mass is 10.1. The summed E-state index contributed by atoms with van der Waals surface area (Å²) in [4.78, 5) is 0. The largest absolute Gasteiger partial charge is 0.379 e. The van der Waals surface area contributed by atoms with Gasteiger partial charge in [-0.15, -0.1) is 0 Å². The third-order valence-corrected chi connectivity index (χ3v) is 2.52. The molecule has 3 nitrogen and oxygen atoms in total. The molecule has 17 heavy (non-hydrogen) atoms. The second kappa shape index (κ2) is 12.3. The quantitative estimate of drug-likeness (QED) is 0.494. The van der Waals surface area contributed by atoms with Crippen LogP contribution in [-0.2, 0) is 14.2 Å². The van der Waals surface area contributed by atoms with Crippen molar-refractivity contribution in [1.29, 1.82) is 0 Å². The molecule has 0 aromatic rings. The Kier molecular flexibility index (Phi) is 12.3. The summed E-state index contributed by atoms with van der Waals surface area (Å²) in [6.45, 7) is 11.5. The molecule has 0 aliphatic rings. The summed E-state index contributed by atoms with van der Waals surface area (Å²) in [6, 6.07) is 0. The van der Waals surface area contributed by atoms with Crippen LogP contribution in [0.5, 0.6) is 0 Å². The minimum absolute atomic E-state index is 0.0815. The number of rotatable bonds is 12. The fraction of sp³-hybridized carbons (Fsp3) is 1.00. The highest BCUT2D eigenvalue weighted by Crippen LogP contribution is 2.10. The van der Waals surface area contributed by atoms with Crippen LogP contribution >= 0.6 is 0 Å². The maximum atomic E-state index is 5.84. The summed E-state index contributed by atoms with van der Waals surface area (Å²) in [7, 11) is 0. The number of ether oxygens (including phenoxy) is 3. The van der Waals surface area contributed by atoms with Gasteiger partial charge in [0.25, 0.3) is 0 Å². The smallest absolute Gasteiger partial charge is 0.107 e. The van der Waals surface area contributed by atoms with Crippen molar-refractivity contribution in [1.82, 2.24) is 0 Å². The molecule has 2 atom stereocenters. The minimum Gasteiger partial charge on any atom is -0.379 e. The molecule has 0 bridgehead atoms. The van der Waals surface area contributed by atoms with Crippen LogP contribution in [0.25, 0.3) is 0 Å². The normalized spacial score (nSPS) is 14.8. The average Bonchev–Trinajstić information content (AvgIpc) is 2.36. The van der Waals surface area contributed by atoms with Crippen LogP contribution < -0.4 is 0 Å². The summed E-state index contributed by atoms with van der Waals surface area (Å²) in [5, 5.41) is 0. The summed E-state index contributed by atoms with van der Waals surface area (Å²) >= 11 is 0. The van der Waals surface area contributed by atoms with E-state index in [1.807, 2.05) is 0 Å². The molecule has 3 heteroatoms. The van der Waals surface area contributed by atoms with Crippen LogP contribution in [0.1, 0.15) is 53.4 Å². The Morgan fingerprint density at radius 3 is 1.71 bits per heavy atom. The van der Waals surface area contributed by atoms with Crippen LogP contribution in [0, 0.1) is 0 Å². The highest BCUT2D eigenvalue weighted by molar-refractivity contribution is 4.69. The molecule has 0 rings (SSSR count). The Morgan fingerprint density at radius 2 is 1.24 bits per heavy atom. The molecule has 0 aromatic carbocycles. The van der Waals surface area contributed by atoms with E-state index >= 15 is 0 Å². The Morgan fingerprint density at radius 1 is 0.706 bits per heavy atom. The van der Waals surface area contributed by atoms with Gasteiger partial charge in [0, 0.05) is 19.8 Å². The summed E-state index contributed by atoms with van der Waals surface area (Å²) < 4.78 is 17.3. The second-order valence-electron chi connectivity index (χ2n) is 4.30. The van der Waals surface area contributed by atoms with Gasteiger partial charge in [-0.25, -0.2) is 0 Å². The van der Waals surface area contributed by atoms with Crippen molar-refractivity contribution in [3.63, 3.8) is 0 Å². The van der Waals surface area contributed by atoms with Gasteiger partial charge < -0.3 is 14.2 Å². The lowest BCUT2D eigenvalue weighted by Crippen LogP contribution is -2.36. The van der Waals surface area contributed by atoms with Gasteiger partial charge >= 0.3 is 0 Å². The highest BCUT2D eigenvalue weighted by Gasteiger charge is 2.21. The zero-order valence-corrected chi connectivity index (χ0v) is 12.0. The van der Waals surface area contributed by atoms with E-state index in [-0.39, 0.29) is 12.2 Å². The SMILES string of the molecule is CCCOCC(OCCC)C(CC)OCCC. The molecule has 0 heterocycles. The first kappa shape index (κ1) is 16.9. The molecule has 0 fully saturated rings. The number of hydrogen-bond acceptors (Lipinski definition) is 3. The van der Waals surface area contributed by atoms with Crippen LogP contribution in [0.4, 0.5) is 0 Å². The molecule has 0 amide bonds. The predicted molar refractivity (Wildman–Crippen MR) is 71.5 cm³/mol. The fourth-order valence-corrected chi connectivity index (χ4v) is 1.63. The maximum absolute atomic E-state index is 5.84. The van der Waals surface area contributed by atoms with Gasteiger partial charge in [0.2, 0.25) is 0 Å². The highest BCUT2D eigenvalue weighted by atomic mass is 16.6. The van der Waals surface area contributed by atoms with Gasteiger partial charge in [-0.3, -0.25) is 0 Å². The molecule has 104 valence electrons. The minimum atomic E-state index is 0.0815. The van der Waals surface area contributed by atoms with Crippen LogP contribution in [0.3, 0.4) is 0 Å². The molecule has 0 aromatic heterocycles. The first-order chi connectivity index (χ1) is 8.29. The van der Waals surface area contributed by atoms with Crippen LogP contribution in [0.2, 0.25) is 0 Å². The van der Waals surface area contributed by atoms with Crippen molar-refractivity contribution in [2.24, 2.45) is 0 Å². The molecule has 0 radical (unpaired) electrons. The average molecular weight is 246 g/mol. The van der Waals surface area contributed by atoms with Crippen molar-refractivity contribution in [2.75, 3.05) is 26.4 Å². The third kappa shape index (κ3) is 8.58. The first-order valence-electron chi connectivity index (χ1n) is 7.10. The maximum Gasteiger partial charge on any atom is 0.107 e. The molecular weight excluding hydrogens is 216 g/mol. The molecule has 0 aliphatic heterocycles. The van der Waals surface area contributed by atoms with Gasteiger partial charge in [-0.05, 0) is 25.7 Å². The second-order valence-corrected chi connectivity index (χ2v) is 4.30. The van der Waals surface area contributed by atoms with Crippen LogP contribution in [-0.4, -0.2) is 38.6 Å². The number of hydrogen-bond donors (Lipinski definition) is 0. The van der Waals surface area contributed by atoms with Crippen molar-refractivity contribution in [3.05, 3.63) is 0 Å².